The van der Waals surface area contributed by atoms with E-state index in [-0.39, 0.29) is 18.9 Å². The second kappa shape index (κ2) is 7.77. The van der Waals surface area contributed by atoms with Crippen LogP contribution in [0.15, 0.2) is 42.5 Å². The van der Waals surface area contributed by atoms with Gasteiger partial charge in [0.2, 0.25) is 0 Å². The van der Waals surface area contributed by atoms with Crippen LogP contribution in [0.3, 0.4) is 0 Å². The minimum atomic E-state index is -0.970. The first-order valence-electron chi connectivity index (χ1n) is 7.66. The second-order valence-corrected chi connectivity index (χ2v) is 5.87. The smallest absolute Gasteiger partial charge is 0.411 e. The molecule has 1 aliphatic rings. The highest BCUT2D eigenvalue weighted by Gasteiger charge is 2.48. The molecule has 1 aromatic carbocycles. The molecule has 2 rings (SSSR count). The minimum absolute atomic E-state index is 0.0728. The van der Waals surface area contributed by atoms with Gasteiger partial charge in [-0.2, -0.15) is 0 Å². The molecule has 6 nitrogen and oxygen atoms in total. The summed E-state index contributed by atoms with van der Waals surface area (Å²) in [6, 6.07) is 8.21. The molecule has 1 amide bonds. The van der Waals surface area contributed by atoms with Crippen molar-refractivity contribution >= 4 is 17.8 Å². The lowest BCUT2D eigenvalue weighted by atomic mass is 9.92. The summed E-state index contributed by atoms with van der Waals surface area (Å²) in [4.78, 5) is 37.8. The van der Waals surface area contributed by atoms with Gasteiger partial charge in [0.15, 0.2) is 5.78 Å². The molecule has 0 spiro atoms. The summed E-state index contributed by atoms with van der Waals surface area (Å²) < 4.78 is 10.0. The van der Waals surface area contributed by atoms with E-state index in [1.54, 1.807) is 6.92 Å². The van der Waals surface area contributed by atoms with Crippen LogP contribution in [0.25, 0.3) is 0 Å². The molecule has 24 heavy (non-hydrogen) atoms. The van der Waals surface area contributed by atoms with E-state index in [1.165, 1.54) is 7.11 Å². The highest BCUT2D eigenvalue weighted by atomic mass is 16.6. The highest BCUT2D eigenvalue weighted by Crippen LogP contribution is 2.28. The van der Waals surface area contributed by atoms with Crippen LogP contribution in [0, 0.1) is 5.92 Å². The number of allylic oxidation sites excluding steroid dienone is 1. The monoisotopic (exact) mass is 331 g/mol. The number of hydrogen-bond acceptors (Lipinski definition) is 5. The molecular weight excluding hydrogens is 310 g/mol. The summed E-state index contributed by atoms with van der Waals surface area (Å²) in [6.45, 7) is 5.47. The molecular formula is C18H21NO5. The van der Waals surface area contributed by atoms with Crippen molar-refractivity contribution in [2.75, 3.05) is 13.7 Å². The standard InChI is InChI=1S/C18H21NO5/c1-12(2)9-14-15(20)10-19(16(14)17(21)23-3)18(22)24-11-13-7-5-4-6-8-13/h4-8,14,16H,1,9-11H2,2-3H3/t14-,16?/m0/s1. The predicted octanol–water partition coefficient (Wildman–Crippen LogP) is 2.33. The Hall–Kier alpha value is -2.63. The zero-order valence-electron chi connectivity index (χ0n) is 13.9. The van der Waals surface area contributed by atoms with E-state index in [0.717, 1.165) is 16.0 Å². The number of esters is 1. The number of carbonyl (C=O) groups excluding carboxylic acids is 3. The summed E-state index contributed by atoms with van der Waals surface area (Å²) in [6.07, 6.45) is -0.368. The van der Waals surface area contributed by atoms with E-state index in [4.69, 9.17) is 9.47 Å². The number of likely N-dealkylation sites (tertiary alicyclic amines) is 1. The maximum absolute atomic E-state index is 12.3. The molecule has 1 aromatic rings. The maximum atomic E-state index is 12.3. The van der Waals surface area contributed by atoms with Crippen LogP contribution in [0.5, 0.6) is 0 Å². The van der Waals surface area contributed by atoms with E-state index >= 15 is 0 Å². The number of amides is 1. The van der Waals surface area contributed by atoms with Crippen molar-refractivity contribution in [3.63, 3.8) is 0 Å². The number of benzene rings is 1. The van der Waals surface area contributed by atoms with Gasteiger partial charge in [0, 0.05) is 0 Å². The first kappa shape index (κ1) is 17.7. The fraction of sp³-hybridized carbons (Fsp3) is 0.389. The molecule has 1 aliphatic heterocycles. The minimum Gasteiger partial charge on any atom is -0.467 e. The summed E-state index contributed by atoms with van der Waals surface area (Å²) in [5.74, 6) is -1.45. The van der Waals surface area contributed by atoms with Gasteiger partial charge in [-0.05, 0) is 18.9 Å². The number of rotatable bonds is 5. The quantitative estimate of drug-likeness (QED) is 0.611. The normalized spacial score (nSPS) is 19.9. The van der Waals surface area contributed by atoms with Gasteiger partial charge in [-0.15, -0.1) is 6.58 Å². The van der Waals surface area contributed by atoms with Crippen LogP contribution in [-0.4, -0.2) is 42.4 Å². The largest absolute Gasteiger partial charge is 0.467 e. The van der Waals surface area contributed by atoms with Crippen molar-refractivity contribution in [1.29, 1.82) is 0 Å². The van der Waals surface area contributed by atoms with Crippen molar-refractivity contribution in [3.8, 4) is 0 Å². The molecule has 0 N–H and O–H groups in total. The lowest BCUT2D eigenvalue weighted by Gasteiger charge is -2.24. The molecule has 6 heteroatoms. The molecule has 1 saturated heterocycles. The van der Waals surface area contributed by atoms with Crippen LogP contribution in [0.2, 0.25) is 0 Å². The van der Waals surface area contributed by atoms with E-state index in [2.05, 4.69) is 6.58 Å². The van der Waals surface area contributed by atoms with E-state index in [0.29, 0.717) is 6.42 Å². The summed E-state index contributed by atoms with van der Waals surface area (Å²) >= 11 is 0. The van der Waals surface area contributed by atoms with Gasteiger partial charge < -0.3 is 9.47 Å². The van der Waals surface area contributed by atoms with E-state index in [9.17, 15) is 14.4 Å². The van der Waals surface area contributed by atoms with Crippen LogP contribution in [0.4, 0.5) is 4.79 Å². The zero-order chi connectivity index (χ0) is 17.7. The van der Waals surface area contributed by atoms with Gasteiger partial charge in [0.1, 0.15) is 12.6 Å². The lowest BCUT2D eigenvalue weighted by molar-refractivity contribution is -0.147. The average Bonchev–Trinajstić information content (AvgIpc) is 2.89. The van der Waals surface area contributed by atoms with Crippen molar-refractivity contribution in [1.82, 2.24) is 4.90 Å². The predicted molar refractivity (Wildman–Crippen MR) is 87.1 cm³/mol. The number of Topliss-reactive ketones (excluding diaryl/α,β-unsaturated/α-hetero) is 1. The van der Waals surface area contributed by atoms with Crippen molar-refractivity contribution in [3.05, 3.63) is 48.0 Å². The molecule has 0 saturated carbocycles. The Morgan fingerprint density at radius 3 is 2.54 bits per heavy atom. The summed E-state index contributed by atoms with van der Waals surface area (Å²) in [7, 11) is 1.23. The highest BCUT2D eigenvalue weighted by molar-refractivity contribution is 5.97. The van der Waals surface area contributed by atoms with Gasteiger partial charge in [0.05, 0.1) is 19.6 Å². The van der Waals surface area contributed by atoms with Crippen molar-refractivity contribution < 1.29 is 23.9 Å². The maximum Gasteiger partial charge on any atom is 0.411 e. The topological polar surface area (TPSA) is 72.9 Å². The van der Waals surface area contributed by atoms with Crippen LogP contribution in [0.1, 0.15) is 18.9 Å². The molecule has 1 fully saturated rings. The molecule has 0 aromatic heterocycles. The number of hydrogen-bond donors (Lipinski definition) is 0. The Kier molecular flexibility index (Phi) is 5.73. The second-order valence-electron chi connectivity index (χ2n) is 5.87. The summed E-state index contributed by atoms with van der Waals surface area (Å²) in [5.41, 5.74) is 1.59. The number of ether oxygens (including phenoxy) is 2. The number of nitrogens with zero attached hydrogens (tertiary/aromatic N) is 1. The Labute approximate surface area is 141 Å². The Morgan fingerprint density at radius 1 is 1.29 bits per heavy atom. The Morgan fingerprint density at radius 2 is 1.96 bits per heavy atom. The molecule has 0 bridgehead atoms. The first-order chi connectivity index (χ1) is 11.4. The van der Waals surface area contributed by atoms with Gasteiger partial charge in [0.25, 0.3) is 0 Å². The SMILES string of the molecule is C=C(C)C[C@H]1C(=O)CN(C(=O)OCc2ccccc2)C1C(=O)OC. The van der Waals surface area contributed by atoms with Gasteiger partial charge in [-0.25, -0.2) is 9.59 Å². The molecule has 1 heterocycles. The third-order valence-electron chi connectivity index (χ3n) is 3.91. The lowest BCUT2D eigenvalue weighted by Crippen LogP contribution is -2.44. The molecule has 128 valence electrons. The van der Waals surface area contributed by atoms with Crippen LogP contribution >= 0.6 is 0 Å². The van der Waals surface area contributed by atoms with Crippen LogP contribution in [-0.2, 0) is 25.7 Å². The van der Waals surface area contributed by atoms with Gasteiger partial charge >= 0.3 is 12.1 Å². The Bertz CT molecular complexity index is 640. The van der Waals surface area contributed by atoms with Crippen LogP contribution < -0.4 is 0 Å². The van der Waals surface area contributed by atoms with Gasteiger partial charge in [-0.3, -0.25) is 9.69 Å². The molecule has 1 unspecified atom stereocenters. The fourth-order valence-corrected chi connectivity index (χ4v) is 2.77. The molecule has 0 aliphatic carbocycles. The fourth-order valence-electron chi connectivity index (χ4n) is 2.77. The number of methoxy groups -OCH3 is 1. The number of carbonyl (C=O) groups is 3. The van der Waals surface area contributed by atoms with E-state index < -0.39 is 24.0 Å². The Balaban J connectivity index is 2.11. The third kappa shape index (κ3) is 4.01. The third-order valence-corrected chi connectivity index (χ3v) is 3.91. The van der Waals surface area contributed by atoms with E-state index in [1.807, 2.05) is 30.3 Å². The number of ketones is 1. The zero-order valence-corrected chi connectivity index (χ0v) is 13.9. The van der Waals surface area contributed by atoms with Crippen molar-refractivity contribution in [2.45, 2.75) is 26.0 Å². The van der Waals surface area contributed by atoms with Gasteiger partial charge in [-0.1, -0.05) is 35.9 Å². The van der Waals surface area contributed by atoms with Crippen molar-refractivity contribution in [2.24, 2.45) is 5.92 Å². The molecule has 0 radical (unpaired) electrons. The summed E-state index contributed by atoms with van der Waals surface area (Å²) in [5, 5.41) is 0. The molecule has 2 atom stereocenters. The average molecular weight is 331 g/mol. The first-order valence-corrected chi connectivity index (χ1v) is 7.66.